The van der Waals surface area contributed by atoms with Gasteiger partial charge in [-0.1, -0.05) is 6.07 Å². The predicted octanol–water partition coefficient (Wildman–Crippen LogP) is 0.770. The van der Waals surface area contributed by atoms with Crippen molar-refractivity contribution in [1.82, 2.24) is 5.32 Å². The van der Waals surface area contributed by atoms with E-state index >= 15 is 0 Å². The fourth-order valence-electron chi connectivity index (χ4n) is 1.89. The number of benzene rings is 1. The molecule has 1 aromatic carbocycles. The maximum absolute atomic E-state index is 11.7. The van der Waals surface area contributed by atoms with Crippen molar-refractivity contribution in [3.63, 3.8) is 0 Å². The lowest BCUT2D eigenvalue weighted by molar-refractivity contribution is -0.129. The third-order valence-electron chi connectivity index (χ3n) is 3.05. The number of rotatable bonds is 3. The van der Waals surface area contributed by atoms with Crippen molar-refractivity contribution in [1.29, 1.82) is 0 Å². The summed E-state index contributed by atoms with van der Waals surface area (Å²) in [5.74, 6) is 0.881. The molecule has 1 unspecified atom stereocenters. The lowest BCUT2D eigenvalue weighted by Crippen LogP contribution is -2.31. The molecular formula is C13H15NO4. The van der Waals surface area contributed by atoms with Gasteiger partial charge >= 0.3 is 0 Å². The van der Waals surface area contributed by atoms with Crippen LogP contribution in [0.2, 0.25) is 0 Å². The van der Waals surface area contributed by atoms with E-state index in [1.165, 1.54) is 0 Å². The number of carbonyl (C=O) groups is 1. The van der Waals surface area contributed by atoms with Crippen LogP contribution < -0.4 is 14.8 Å². The van der Waals surface area contributed by atoms with Crippen LogP contribution in [0, 0.1) is 0 Å². The molecule has 5 heteroatoms. The van der Waals surface area contributed by atoms with Gasteiger partial charge in [-0.2, -0.15) is 0 Å². The minimum absolute atomic E-state index is 0.240. The molecule has 1 heterocycles. The zero-order valence-electron chi connectivity index (χ0n) is 9.89. The number of carbonyl (C=O) groups excluding carboxylic acids is 1. The highest BCUT2D eigenvalue weighted by molar-refractivity contribution is 5.82. The molecule has 2 aliphatic rings. The second kappa shape index (κ2) is 4.49. The summed E-state index contributed by atoms with van der Waals surface area (Å²) in [4.78, 5) is 11.7. The van der Waals surface area contributed by atoms with Gasteiger partial charge in [-0.05, 0) is 30.5 Å². The minimum Gasteiger partial charge on any atom is -0.486 e. The zero-order chi connectivity index (χ0) is 12.5. The summed E-state index contributed by atoms with van der Waals surface area (Å²) in [6.45, 7) is 1.01. The van der Waals surface area contributed by atoms with E-state index in [9.17, 15) is 9.90 Å². The van der Waals surface area contributed by atoms with Crippen LogP contribution in [0.15, 0.2) is 18.2 Å². The molecule has 1 aromatic rings. The zero-order valence-corrected chi connectivity index (χ0v) is 9.89. The van der Waals surface area contributed by atoms with Crippen LogP contribution in [0.25, 0.3) is 0 Å². The van der Waals surface area contributed by atoms with Crippen LogP contribution in [-0.2, 0) is 4.79 Å². The predicted molar refractivity (Wildman–Crippen MR) is 63.6 cm³/mol. The van der Waals surface area contributed by atoms with E-state index in [4.69, 9.17) is 9.47 Å². The summed E-state index contributed by atoms with van der Waals surface area (Å²) in [7, 11) is 0. The van der Waals surface area contributed by atoms with Crippen molar-refractivity contribution in [2.75, 3.05) is 13.2 Å². The van der Waals surface area contributed by atoms with Crippen LogP contribution in [0.1, 0.15) is 24.5 Å². The first-order valence-corrected chi connectivity index (χ1v) is 6.12. The van der Waals surface area contributed by atoms with Crippen LogP contribution in [0.4, 0.5) is 0 Å². The van der Waals surface area contributed by atoms with Gasteiger partial charge in [-0.15, -0.1) is 0 Å². The van der Waals surface area contributed by atoms with E-state index in [1.54, 1.807) is 18.2 Å². The van der Waals surface area contributed by atoms with Crippen molar-refractivity contribution >= 4 is 5.91 Å². The lowest BCUT2D eigenvalue weighted by atomic mass is 10.1. The topological polar surface area (TPSA) is 67.8 Å². The summed E-state index contributed by atoms with van der Waals surface area (Å²) in [5, 5.41) is 12.7. The number of fused-ring (bicyclic) bond motifs is 1. The lowest BCUT2D eigenvalue weighted by Gasteiger charge is -2.20. The van der Waals surface area contributed by atoms with Gasteiger partial charge < -0.3 is 19.9 Å². The molecule has 1 saturated carbocycles. The summed E-state index contributed by atoms with van der Waals surface area (Å²) in [6.07, 6.45) is 0.848. The number of amides is 1. The Bertz CT molecular complexity index is 470. The van der Waals surface area contributed by atoms with Crippen molar-refractivity contribution < 1.29 is 19.4 Å². The molecule has 3 rings (SSSR count). The number of hydrogen-bond donors (Lipinski definition) is 2. The van der Waals surface area contributed by atoms with Crippen molar-refractivity contribution in [3.8, 4) is 11.5 Å². The molecule has 0 radical (unpaired) electrons. The molecule has 1 aliphatic heterocycles. The second-order valence-corrected chi connectivity index (χ2v) is 4.59. The molecule has 1 aliphatic carbocycles. The van der Waals surface area contributed by atoms with Crippen LogP contribution in [0.5, 0.6) is 11.5 Å². The van der Waals surface area contributed by atoms with Gasteiger partial charge in [0.2, 0.25) is 0 Å². The molecule has 0 spiro atoms. The number of aliphatic hydroxyl groups excluding tert-OH is 1. The first-order valence-electron chi connectivity index (χ1n) is 6.12. The van der Waals surface area contributed by atoms with Gasteiger partial charge in [-0.3, -0.25) is 4.79 Å². The molecular weight excluding hydrogens is 234 g/mol. The second-order valence-electron chi connectivity index (χ2n) is 4.59. The Morgan fingerprint density at radius 2 is 2.00 bits per heavy atom. The molecule has 0 bridgehead atoms. The van der Waals surface area contributed by atoms with Crippen molar-refractivity contribution in [3.05, 3.63) is 23.8 Å². The van der Waals surface area contributed by atoms with E-state index in [0.29, 0.717) is 30.3 Å². The Hall–Kier alpha value is -1.75. The smallest absolute Gasteiger partial charge is 0.253 e. The summed E-state index contributed by atoms with van der Waals surface area (Å²) in [6, 6.07) is 5.30. The maximum atomic E-state index is 11.7. The first kappa shape index (κ1) is 11.3. The summed E-state index contributed by atoms with van der Waals surface area (Å²) >= 11 is 0. The summed E-state index contributed by atoms with van der Waals surface area (Å²) in [5.41, 5.74) is 0.525. The standard InChI is InChI=1S/C13H15NO4/c15-12(13(16)14-9-2-3-9)8-1-4-10-11(7-8)18-6-5-17-10/h1,4,7,9,12,15H,2-3,5-6H2,(H,14,16). The molecule has 18 heavy (non-hydrogen) atoms. The Morgan fingerprint density at radius 3 is 2.72 bits per heavy atom. The van der Waals surface area contributed by atoms with E-state index in [0.717, 1.165) is 12.8 Å². The molecule has 0 saturated heterocycles. The highest BCUT2D eigenvalue weighted by atomic mass is 16.6. The van der Waals surface area contributed by atoms with Crippen LogP contribution >= 0.6 is 0 Å². The van der Waals surface area contributed by atoms with Gasteiger partial charge in [0.05, 0.1) is 0 Å². The molecule has 5 nitrogen and oxygen atoms in total. The quantitative estimate of drug-likeness (QED) is 0.830. The van der Waals surface area contributed by atoms with E-state index < -0.39 is 6.10 Å². The average molecular weight is 249 g/mol. The number of aliphatic hydroxyl groups is 1. The third-order valence-corrected chi connectivity index (χ3v) is 3.05. The Balaban J connectivity index is 1.76. The third kappa shape index (κ3) is 2.26. The van der Waals surface area contributed by atoms with Crippen LogP contribution in [0.3, 0.4) is 0 Å². The van der Waals surface area contributed by atoms with Gasteiger partial charge in [0.25, 0.3) is 5.91 Å². The highest BCUT2D eigenvalue weighted by Crippen LogP contribution is 2.32. The van der Waals surface area contributed by atoms with E-state index in [1.807, 2.05) is 0 Å². The molecule has 0 aromatic heterocycles. The Morgan fingerprint density at radius 1 is 1.28 bits per heavy atom. The van der Waals surface area contributed by atoms with Gasteiger partial charge in [0.1, 0.15) is 13.2 Å². The average Bonchev–Trinajstić information content (AvgIpc) is 3.21. The molecule has 96 valence electrons. The van der Waals surface area contributed by atoms with Crippen LogP contribution in [-0.4, -0.2) is 30.3 Å². The monoisotopic (exact) mass is 249 g/mol. The molecule has 1 fully saturated rings. The van der Waals surface area contributed by atoms with Crippen molar-refractivity contribution in [2.45, 2.75) is 25.0 Å². The molecule has 1 atom stereocenters. The number of nitrogens with one attached hydrogen (secondary N) is 1. The Kier molecular flexibility index (Phi) is 2.83. The van der Waals surface area contributed by atoms with Gasteiger partial charge in [0, 0.05) is 6.04 Å². The van der Waals surface area contributed by atoms with Gasteiger partial charge in [-0.25, -0.2) is 0 Å². The molecule has 2 N–H and O–H groups in total. The normalized spacial score (nSPS) is 19.2. The number of hydrogen-bond acceptors (Lipinski definition) is 4. The van der Waals surface area contributed by atoms with Gasteiger partial charge in [0.15, 0.2) is 17.6 Å². The number of ether oxygens (including phenoxy) is 2. The minimum atomic E-state index is -1.15. The highest BCUT2D eigenvalue weighted by Gasteiger charge is 2.27. The van der Waals surface area contributed by atoms with E-state index in [2.05, 4.69) is 5.32 Å². The fourth-order valence-corrected chi connectivity index (χ4v) is 1.89. The fraction of sp³-hybridized carbons (Fsp3) is 0.462. The SMILES string of the molecule is O=C(NC1CC1)C(O)c1ccc2c(c1)OCCO2. The maximum Gasteiger partial charge on any atom is 0.253 e. The molecule has 1 amide bonds. The van der Waals surface area contributed by atoms with Crippen molar-refractivity contribution in [2.24, 2.45) is 0 Å². The largest absolute Gasteiger partial charge is 0.486 e. The first-order chi connectivity index (χ1) is 8.74. The summed E-state index contributed by atoms with van der Waals surface area (Å²) < 4.78 is 10.8. The van der Waals surface area contributed by atoms with E-state index in [-0.39, 0.29) is 11.9 Å². The Labute approximate surface area is 105 Å².